The normalized spacial score (nSPS) is 23.0. The molecule has 5 heteroatoms. The second-order valence-electron chi connectivity index (χ2n) is 7.61. The first-order valence-corrected chi connectivity index (χ1v) is 10.6. The molecule has 0 bridgehead atoms. The van der Waals surface area contributed by atoms with Crippen LogP contribution in [0.5, 0.6) is 0 Å². The van der Waals surface area contributed by atoms with Gasteiger partial charge in [-0.1, -0.05) is 43.0 Å². The van der Waals surface area contributed by atoms with Gasteiger partial charge < -0.3 is 10.6 Å². The monoisotopic (exact) mass is 392 g/mol. The SMILES string of the molecule is CC1CCC(NC(=O)c2ccc(/C=C3/Sc4ccccc4NC3=O)cc2)CC1. The minimum absolute atomic E-state index is 0.0162. The number of thioether (sulfide) groups is 1. The van der Waals surface area contributed by atoms with Crippen molar-refractivity contribution in [1.29, 1.82) is 0 Å². The number of nitrogens with one attached hydrogen (secondary N) is 2. The largest absolute Gasteiger partial charge is 0.349 e. The first-order valence-electron chi connectivity index (χ1n) is 9.79. The summed E-state index contributed by atoms with van der Waals surface area (Å²) in [6.45, 7) is 2.27. The summed E-state index contributed by atoms with van der Waals surface area (Å²) in [5, 5.41) is 6.07. The molecule has 1 aliphatic carbocycles. The lowest BCUT2D eigenvalue weighted by molar-refractivity contribution is -0.112. The van der Waals surface area contributed by atoms with Crippen LogP contribution >= 0.6 is 11.8 Å². The second-order valence-corrected chi connectivity index (χ2v) is 8.70. The molecule has 0 atom stereocenters. The molecule has 0 spiro atoms. The molecule has 0 radical (unpaired) electrons. The average Bonchev–Trinajstić information content (AvgIpc) is 2.71. The Morgan fingerprint density at radius 1 is 1.07 bits per heavy atom. The number of carbonyl (C=O) groups is 2. The topological polar surface area (TPSA) is 58.2 Å². The van der Waals surface area contributed by atoms with Gasteiger partial charge in [0.1, 0.15) is 0 Å². The molecule has 2 aliphatic rings. The molecule has 0 unspecified atom stereocenters. The van der Waals surface area contributed by atoms with Crippen molar-refractivity contribution in [2.45, 2.75) is 43.5 Å². The lowest BCUT2D eigenvalue weighted by atomic mass is 9.87. The number of hydrogen-bond donors (Lipinski definition) is 2. The van der Waals surface area contributed by atoms with Gasteiger partial charge in [-0.3, -0.25) is 9.59 Å². The molecule has 1 fully saturated rings. The van der Waals surface area contributed by atoms with Gasteiger partial charge in [0, 0.05) is 16.5 Å². The molecular formula is C23H24N2O2S. The summed E-state index contributed by atoms with van der Waals surface area (Å²) in [5.41, 5.74) is 2.41. The van der Waals surface area contributed by atoms with Gasteiger partial charge in [0.2, 0.25) is 0 Å². The maximum atomic E-state index is 12.5. The predicted molar refractivity (Wildman–Crippen MR) is 114 cm³/mol. The molecule has 144 valence electrons. The van der Waals surface area contributed by atoms with Crippen LogP contribution in [-0.4, -0.2) is 17.9 Å². The quantitative estimate of drug-likeness (QED) is 0.716. The van der Waals surface area contributed by atoms with Crippen LogP contribution in [0.2, 0.25) is 0 Å². The summed E-state index contributed by atoms with van der Waals surface area (Å²) in [6.07, 6.45) is 6.34. The van der Waals surface area contributed by atoms with Crippen molar-refractivity contribution in [1.82, 2.24) is 5.32 Å². The third-order valence-electron chi connectivity index (χ3n) is 5.40. The fourth-order valence-corrected chi connectivity index (χ4v) is 4.61. The number of benzene rings is 2. The van der Waals surface area contributed by atoms with E-state index in [1.807, 2.05) is 54.6 Å². The van der Waals surface area contributed by atoms with Crippen LogP contribution < -0.4 is 10.6 Å². The van der Waals surface area contributed by atoms with Crippen LogP contribution in [0.25, 0.3) is 6.08 Å². The molecular weight excluding hydrogens is 368 g/mol. The molecule has 2 N–H and O–H groups in total. The van der Waals surface area contributed by atoms with Gasteiger partial charge in [0.25, 0.3) is 11.8 Å². The van der Waals surface area contributed by atoms with E-state index in [0.29, 0.717) is 10.5 Å². The summed E-state index contributed by atoms with van der Waals surface area (Å²) in [6, 6.07) is 15.5. The van der Waals surface area contributed by atoms with Crippen molar-refractivity contribution < 1.29 is 9.59 Å². The summed E-state index contributed by atoms with van der Waals surface area (Å²) in [5.74, 6) is 0.650. The Morgan fingerprint density at radius 3 is 2.54 bits per heavy atom. The molecule has 28 heavy (non-hydrogen) atoms. The van der Waals surface area contributed by atoms with Gasteiger partial charge in [-0.25, -0.2) is 0 Å². The Bertz CT molecular complexity index is 912. The van der Waals surface area contributed by atoms with E-state index in [0.717, 1.165) is 34.9 Å². The molecule has 0 aromatic heterocycles. The van der Waals surface area contributed by atoms with E-state index in [4.69, 9.17) is 0 Å². The molecule has 2 aromatic rings. The van der Waals surface area contributed by atoms with Crippen molar-refractivity contribution in [3.63, 3.8) is 0 Å². The van der Waals surface area contributed by atoms with E-state index in [9.17, 15) is 9.59 Å². The Hall–Kier alpha value is -2.53. The zero-order valence-electron chi connectivity index (χ0n) is 15.9. The fourth-order valence-electron chi connectivity index (χ4n) is 3.66. The zero-order chi connectivity index (χ0) is 19.5. The molecule has 1 saturated carbocycles. The van der Waals surface area contributed by atoms with E-state index in [1.54, 1.807) is 0 Å². The molecule has 4 nitrogen and oxygen atoms in total. The number of para-hydroxylation sites is 1. The van der Waals surface area contributed by atoms with Gasteiger partial charge in [-0.15, -0.1) is 0 Å². The van der Waals surface area contributed by atoms with E-state index in [1.165, 1.54) is 24.6 Å². The Kier molecular flexibility index (Phi) is 5.53. The second kappa shape index (κ2) is 8.23. The predicted octanol–water partition coefficient (Wildman–Crippen LogP) is 5.08. The van der Waals surface area contributed by atoms with Crippen molar-refractivity contribution in [2.75, 3.05) is 5.32 Å². The van der Waals surface area contributed by atoms with Crippen molar-refractivity contribution >= 4 is 35.3 Å². The van der Waals surface area contributed by atoms with Crippen LogP contribution in [0.4, 0.5) is 5.69 Å². The third kappa shape index (κ3) is 4.30. The van der Waals surface area contributed by atoms with Gasteiger partial charge in [-0.05, 0) is 67.5 Å². The van der Waals surface area contributed by atoms with Gasteiger partial charge in [0.05, 0.1) is 10.6 Å². The highest BCUT2D eigenvalue weighted by Gasteiger charge is 2.21. The molecule has 4 rings (SSSR count). The van der Waals surface area contributed by atoms with Crippen molar-refractivity contribution in [3.05, 3.63) is 64.6 Å². The summed E-state index contributed by atoms with van der Waals surface area (Å²) in [7, 11) is 0. The summed E-state index contributed by atoms with van der Waals surface area (Å²) in [4.78, 5) is 26.5. The number of fused-ring (bicyclic) bond motifs is 1. The van der Waals surface area contributed by atoms with Crippen LogP contribution in [0.1, 0.15) is 48.5 Å². The molecule has 2 amide bonds. The average molecular weight is 393 g/mol. The summed E-state index contributed by atoms with van der Waals surface area (Å²) >= 11 is 1.46. The van der Waals surface area contributed by atoms with Crippen LogP contribution in [0, 0.1) is 5.92 Å². The Balaban J connectivity index is 1.42. The smallest absolute Gasteiger partial charge is 0.262 e. The number of carbonyl (C=O) groups excluding carboxylic acids is 2. The van der Waals surface area contributed by atoms with Gasteiger partial charge in [0.15, 0.2) is 0 Å². The minimum atomic E-state index is -0.1000. The highest BCUT2D eigenvalue weighted by molar-refractivity contribution is 8.04. The van der Waals surface area contributed by atoms with Crippen LogP contribution in [-0.2, 0) is 4.79 Å². The first kappa shape index (κ1) is 18.8. The molecule has 1 heterocycles. The maximum Gasteiger partial charge on any atom is 0.262 e. The maximum absolute atomic E-state index is 12.5. The molecule has 0 saturated heterocycles. The number of rotatable bonds is 3. The lowest BCUT2D eigenvalue weighted by Gasteiger charge is -2.26. The summed E-state index contributed by atoms with van der Waals surface area (Å²) < 4.78 is 0. The third-order valence-corrected chi connectivity index (χ3v) is 6.50. The standard InChI is InChI=1S/C23H24N2O2S/c1-15-6-12-18(13-7-15)24-22(26)17-10-8-16(9-11-17)14-21-23(27)25-19-4-2-3-5-20(19)28-21/h2-5,8-11,14-15,18H,6-7,12-13H2,1H3,(H,24,26)(H,25,27)/b21-14+. The van der Waals surface area contributed by atoms with Gasteiger partial charge in [-0.2, -0.15) is 0 Å². The highest BCUT2D eigenvalue weighted by Crippen LogP contribution is 2.38. The van der Waals surface area contributed by atoms with E-state index in [2.05, 4.69) is 17.6 Å². The highest BCUT2D eigenvalue weighted by atomic mass is 32.2. The lowest BCUT2D eigenvalue weighted by Crippen LogP contribution is -2.37. The van der Waals surface area contributed by atoms with Crippen LogP contribution in [0.15, 0.2) is 58.3 Å². The van der Waals surface area contributed by atoms with E-state index >= 15 is 0 Å². The van der Waals surface area contributed by atoms with E-state index in [-0.39, 0.29) is 17.9 Å². The Morgan fingerprint density at radius 2 is 1.79 bits per heavy atom. The number of anilines is 1. The molecule has 1 aliphatic heterocycles. The Labute approximate surface area is 169 Å². The van der Waals surface area contributed by atoms with Gasteiger partial charge >= 0.3 is 0 Å². The molecule has 2 aromatic carbocycles. The minimum Gasteiger partial charge on any atom is -0.349 e. The van der Waals surface area contributed by atoms with Crippen LogP contribution in [0.3, 0.4) is 0 Å². The van der Waals surface area contributed by atoms with Crippen molar-refractivity contribution in [3.8, 4) is 0 Å². The number of amides is 2. The van der Waals surface area contributed by atoms with E-state index < -0.39 is 0 Å². The number of hydrogen-bond acceptors (Lipinski definition) is 3. The first-order chi connectivity index (χ1) is 13.6. The fraction of sp³-hybridized carbons (Fsp3) is 0.304. The zero-order valence-corrected chi connectivity index (χ0v) is 16.7. The van der Waals surface area contributed by atoms with Crippen molar-refractivity contribution in [2.24, 2.45) is 5.92 Å².